The van der Waals surface area contributed by atoms with Crippen molar-refractivity contribution < 1.29 is 4.52 Å². The lowest BCUT2D eigenvalue weighted by Gasteiger charge is -2.06. The molecule has 0 saturated heterocycles. The quantitative estimate of drug-likeness (QED) is 0.723. The molecule has 3 aromatic rings. The number of nitrogens with zero attached hydrogens (tertiary/aromatic N) is 3. The number of aromatic nitrogens is 3. The molecule has 0 aliphatic heterocycles. The molecule has 0 unspecified atom stereocenters. The van der Waals surface area contributed by atoms with E-state index in [1.54, 1.807) is 17.0 Å². The van der Waals surface area contributed by atoms with Crippen LogP contribution in [-0.2, 0) is 6.54 Å². The van der Waals surface area contributed by atoms with Crippen molar-refractivity contribution >= 4 is 26.8 Å². The summed E-state index contributed by atoms with van der Waals surface area (Å²) in [6.45, 7) is 4.11. The summed E-state index contributed by atoms with van der Waals surface area (Å²) in [6.07, 6.45) is 1.56. The van der Waals surface area contributed by atoms with Gasteiger partial charge in [0.15, 0.2) is 0 Å². The second-order valence-corrected chi connectivity index (χ2v) is 5.56. The molecule has 6 heteroatoms. The van der Waals surface area contributed by atoms with Crippen LogP contribution in [0.15, 0.2) is 38.3 Å². The van der Waals surface area contributed by atoms with Gasteiger partial charge in [0.05, 0.1) is 29.5 Å². The maximum atomic E-state index is 12.5. The molecule has 0 N–H and O–H groups in total. The first kappa shape index (κ1) is 13.1. The predicted molar refractivity (Wildman–Crippen MR) is 78.8 cm³/mol. The Bertz CT molecular complexity index is 832. The van der Waals surface area contributed by atoms with Crippen molar-refractivity contribution in [1.29, 1.82) is 0 Å². The molecule has 0 aliphatic rings. The molecule has 0 amide bonds. The molecular formula is C14H12BrN3O2. The van der Waals surface area contributed by atoms with Crippen LogP contribution >= 0.6 is 15.9 Å². The van der Waals surface area contributed by atoms with Crippen LogP contribution in [-0.4, -0.2) is 14.7 Å². The molecule has 0 atom stereocenters. The van der Waals surface area contributed by atoms with Gasteiger partial charge in [0.25, 0.3) is 5.56 Å². The highest BCUT2D eigenvalue weighted by Gasteiger charge is 2.12. The van der Waals surface area contributed by atoms with E-state index in [1.807, 2.05) is 26.0 Å². The summed E-state index contributed by atoms with van der Waals surface area (Å²) >= 11 is 3.37. The number of rotatable bonds is 2. The highest BCUT2D eigenvalue weighted by atomic mass is 79.9. The minimum absolute atomic E-state index is 0.0729. The van der Waals surface area contributed by atoms with E-state index in [4.69, 9.17) is 4.52 Å². The van der Waals surface area contributed by atoms with E-state index in [-0.39, 0.29) is 5.56 Å². The average Bonchev–Trinajstić information content (AvgIpc) is 2.74. The third-order valence-corrected chi connectivity index (χ3v) is 3.79. The van der Waals surface area contributed by atoms with E-state index in [0.29, 0.717) is 17.4 Å². The van der Waals surface area contributed by atoms with Crippen molar-refractivity contribution in [3.63, 3.8) is 0 Å². The second-order valence-electron chi connectivity index (χ2n) is 4.64. The van der Waals surface area contributed by atoms with Gasteiger partial charge in [-0.2, -0.15) is 0 Å². The summed E-state index contributed by atoms with van der Waals surface area (Å²) in [5.74, 6) is 0.726. The normalized spacial score (nSPS) is 11.2. The SMILES string of the molecule is Cc1noc(C)c1Cn1cnc2ccc(Br)cc2c1=O. The summed E-state index contributed by atoms with van der Waals surface area (Å²) in [4.78, 5) is 16.8. The highest BCUT2D eigenvalue weighted by molar-refractivity contribution is 9.10. The molecule has 5 nitrogen and oxygen atoms in total. The molecular weight excluding hydrogens is 322 g/mol. The lowest BCUT2D eigenvalue weighted by molar-refractivity contribution is 0.392. The van der Waals surface area contributed by atoms with Crippen LogP contribution in [0, 0.1) is 13.8 Å². The van der Waals surface area contributed by atoms with Gasteiger partial charge in [0.2, 0.25) is 0 Å². The van der Waals surface area contributed by atoms with Gasteiger partial charge in [-0.05, 0) is 32.0 Å². The Morgan fingerprint density at radius 3 is 2.85 bits per heavy atom. The van der Waals surface area contributed by atoms with E-state index in [9.17, 15) is 4.79 Å². The van der Waals surface area contributed by atoms with Gasteiger partial charge in [-0.25, -0.2) is 4.98 Å². The van der Waals surface area contributed by atoms with Gasteiger partial charge in [0.1, 0.15) is 5.76 Å². The zero-order valence-electron chi connectivity index (χ0n) is 11.1. The van der Waals surface area contributed by atoms with Crippen LogP contribution < -0.4 is 5.56 Å². The smallest absolute Gasteiger partial charge is 0.261 e. The van der Waals surface area contributed by atoms with Crippen LogP contribution in [0.4, 0.5) is 0 Å². The fourth-order valence-corrected chi connectivity index (χ4v) is 2.50. The third kappa shape index (κ3) is 2.16. The van der Waals surface area contributed by atoms with Crippen molar-refractivity contribution in [1.82, 2.24) is 14.7 Å². The Balaban J connectivity index is 2.13. The predicted octanol–water partition coefficient (Wildman–Crippen LogP) is 2.81. The van der Waals surface area contributed by atoms with Crippen LogP contribution in [0.25, 0.3) is 10.9 Å². The number of hydrogen-bond donors (Lipinski definition) is 0. The van der Waals surface area contributed by atoms with E-state index in [2.05, 4.69) is 26.1 Å². The van der Waals surface area contributed by atoms with Crippen LogP contribution in [0.3, 0.4) is 0 Å². The van der Waals surface area contributed by atoms with Gasteiger partial charge in [0, 0.05) is 10.0 Å². The average molecular weight is 334 g/mol. The summed E-state index contributed by atoms with van der Waals surface area (Å²) in [5, 5.41) is 4.49. The van der Waals surface area contributed by atoms with Gasteiger partial charge in [-0.3, -0.25) is 9.36 Å². The summed E-state index contributed by atoms with van der Waals surface area (Å²) in [7, 11) is 0. The maximum Gasteiger partial charge on any atom is 0.261 e. The van der Waals surface area contributed by atoms with E-state index < -0.39 is 0 Å². The molecule has 20 heavy (non-hydrogen) atoms. The minimum atomic E-state index is -0.0729. The number of benzene rings is 1. The monoisotopic (exact) mass is 333 g/mol. The molecule has 3 rings (SSSR count). The molecule has 0 bridgehead atoms. The van der Waals surface area contributed by atoms with Crippen molar-refractivity contribution in [2.45, 2.75) is 20.4 Å². The van der Waals surface area contributed by atoms with E-state index in [0.717, 1.165) is 21.5 Å². The highest BCUT2D eigenvalue weighted by Crippen LogP contribution is 2.16. The molecule has 0 radical (unpaired) electrons. The van der Waals surface area contributed by atoms with Crippen molar-refractivity contribution in [3.8, 4) is 0 Å². The van der Waals surface area contributed by atoms with Crippen LogP contribution in [0.1, 0.15) is 17.0 Å². The van der Waals surface area contributed by atoms with E-state index >= 15 is 0 Å². The summed E-state index contributed by atoms with van der Waals surface area (Å²) in [5.41, 5.74) is 2.33. The molecule has 0 fully saturated rings. The zero-order chi connectivity index (χ0) is 14.3. The van der Waals surface area contributed by atoms with Crippen molar-refractivity contribution in [2.75, 3.05) is 0 Å². The van der Waals surface area contributed by atoms with Crippen molar-refractivity contribution in [3.05, 3.63) is 56.4 Å². The fourth-order valence-electron chi connectivity index (χ4n) is 2.14. The van der Waals surface area contributed by atoms with Gasteiger partial charge in [-0.1, -0.05) is 21.1 Å². The maximum absolute atomic E-state index is 12.5. The number of hydrogen-bond acceptors (Lipinski definition) is 4. The Labute approximate surface area is 123 Å². The topological polar surface area (TPSA) is 60.9 Å². The largest absolute Gasteiger partial charge is 0.361 e. The number of fused-ring (bicyclic) bond motifs is 1. The molecule has 1 aromatic carbocycles. The molecule has 2 aromatic heterocycles. The molecule has 0 spiro atoms. The van der Waals surface area contributed by atoms with Gasteiger partial charge in [-0.15, -0.1) is 0 Å². The minimum Gasteiger partial charge on any atom is -0.361 e. The molecule has 102 valence electrons. The number of halogens is 1. The second kappa shape index (κ2) is 4.86. The van der Waals surface area contributed by atoms with Crippen LogP contribution in [0.5, 0.6) is 0 Å². The van der Waals surface area contributed by atoms with Crippen molar-refractivity contribution in [2.24, 2.45) is 0 Å². The molecule has 0 aliphatic carbocycles. The van der Waals surface area contributed by atoms with Gasteiger partial charge >= 0.3 is 0 Å². The number of aryl methyl sites for hydroxylation is 2. The Morgan fingerprint density at radius 2 is 2.15 bits per heavy atom. The Morgan fingerprint density at radius 1 is 1.35 bits per heavy atom. The molecule has 0 saturated carbocycles. The lowest BCUT2D eigenvalue weighted by atomic mass is 10.2. The fraction of sp³-hybridized carbons (Fsp3) is 0.214. The molecule has 2 heterocycles. The summed E-state index contributed by atoms with van der Waals surface area (Å²) < 4.78 is 7.55. The zero-order valence-corrected chi connectivity index (χ0v) is 12.6. The first-order valence-electron chi connectivity index (χ1n) is 6.12. The van der Waals surface area contributed by atoms with E-state index in [1.165, 1.54) is 0 Å². The standard InChI is InChI=1S/C14H12BrN3O2/c1-8-12(9(2)20-17-8)6-18-7-16-13-4-3-10(15)5-11(13)14(18)19/h3-5,7H,6H2,1-2H3. The van der Waals surface area contributed by atoms with Gasteiger partial charge < -0.3 is 4.52 Å². The summed E-state index contributed by atoms with van der Waals surface area (Å²) in [6, 6.07) is 5.48. The van der Waals surface area contributed by atoms with Crippen LogP contribution in [0.2, 0.25) is 0 Å². The Hall–Kier alpha value is -1.95. The third-order valence-electron chi connectivity index (χ3n) is 3.30. The first-order valence-corrected chi connectivity index (χ1v) is 6.92. The lowest BCUT2D eigenvalue weighted by Crippen LogP contribution is -2.21. The first-order chi connectivity index (χ1) is 9.56. The Kier molecular flexibility index (Phi) is 3.17.